The molecule has 1 aromatic carbocycles. The average Bonchev–Trinajstić information content (AvgIpc) is 2.32. The number of alkyl halides is 1. The second kappa shape index (κ2) is 7.33. The summed E-state index contributed by atoms with van der Waals surface area (Å²) in [6.07, 6.45) is 2.02. The van der Waals surface area contributed by atoms with Crippen LogP contribution in [0.4, 0.5) is 11.4 Å². The predicted molar refractivity (Wildman–Crippen MR) is 74.4 cm³/mol. The van der Waals surface area contributed by atoms with Gasteiger partial charge in [-0.15, -0.1) is 0 Å². The molecule has 0 unspecified atom stereocenters. The number of benzene rings is 1. The van der Waals surface area contributed by atoms with Crippen molar-refractivity contribution in [3.05, 3.63) is 33.3 Å². The monoisotopic (exact) mass is 334 g/mol. The molecule has 0 aromatic heterocycles. The highest BCUT2D eigenvalue weighted by Crippen LogP contribution is 2.26. The standard InChI is InChI=1S/C11H12BrClN2O3/c12-6-2-1-3-11(16)14-10-7-8(15(17)18)4-5-9(10)13/h4-5,7H,1-3,6H2,(H,14,16). The van der Waals surface area contributed by atoms with Crippen molar-refractivity contribution in [3.8, 4) is 0 Å². The molecule has 5 nitrogen and oxygen atoms in total. The van der Waals surface area contributed by atoms with Crippen molar-refractivity contribution in [2.45, 2.75) is 19.3 Å². The van der Waals surface area contributed by atoms with Crippen molar-refractivity contribution in [1.82, 2.24) is 0 Å². The molecule has 0 bridgehead atoms. The van der Waals surface area contributed by atoms with Gasteiger partial charge in [-0.25, -0.2) is 0 Å². The third-order valence-corrected chi connectivity index (χ3v) is 3.11. The average molecular weight is 336 g/mol. The van der Waals surface area contributed by atoms with Gasteiger partial charge in [0.15, 0.2) is 0 Å². The largest absolute Gasteiger partial charge is 0.325 e. The number of carbonyl (C=O) groups is 1. The lowest BCUT2D eigenvalue weighted by Gasteiger charge is -2.06. The van der Waals surface area contributed by atoms with Crippen molar-refractivity contribution in [1.29, 1.82) is 0 Å². The van der Waals surface area contributed by atoms with E-state index in [9.17, 15) is 14.9 Å². The van der Waals surface area contributed by atoms with Gasteiger partial charge < -0.3 is 5.32 Å². The van der Waals surface area contributed by atoms with Crippen molar-refractivity contribution in [2.75, 3.05) is 10.6 Å². The van der Waals surface area contributed by atoms with Gasteiger partial charge in [0.1, 0.15) is 0 Å². The van der Waals surface area contributed by atoms with Gasteiger partial charge in [-0.05, 0) is 18.9 Å². The first-order valence-electron chi connectivity index (χ1n) is 5.34. The van der Waals surface area contributed by atoms with Gasteiger partial charge in [-0.2, -0.15) is 0 Å². The number of nitrogens with one attached hydrogen (secondary N) is 1. The molecular weight excluding hydrogens is 323 g/mol. The van der Waals surface area contributed by atoms with Gasteiger partial charge >= 0.3 is 0 Å². The van der Waals surface area contributed by atoms with E-state index < -0.39 is 4.92 Å². The van der Waals surface area contributed by atoms with E-state index in [1.54, 1.807) is 0 Å². The highest BCUT2D eigenvalue weighted by molar-refractivity contribution is 9.09. The van der Waals surface area contributed by atoms with Crippen molar-refractivity contribution < 1.29 is 9.72 Å². The fraction of sp³-hybridized carbons (Fsp3) is 0.364. The van der Waals surface area contributed by atoms with Gasteiger partial charge in [-0.1, -0.05) is 27.5 Å². The zero-order valence-corrected chi connectivity index (χ0v) is 11.8. The van der Waals surface area contributed by atoms with Gasteiger partial charge in [0.25, 0.3) is 5.69 Å². The maximum atomic E-state index is 11.6. The summed E-state index contributed by atoms with van der Waals surface area (Å²) in [6.45, 7) is 0. The van der Waals surface area contributed by atoms with Crippen molar-refractivity contribution in [2.24, 2.45) is 0 Å². The Labute approximate surface area is 118 Å². The maximum Gasteiger partial charge on any atom is 0.271 e. The molecule has 1 amide bonds. The van der Waals surface area contributed by atoms with Crippen LogP contribution < -0.4 is 5.32 Å². The maximum absolute atomic E-state index is 11.6. The first kappa shape index (κ1) is 14.9. The highest BCUT2D eigenvalue weighted by Gasteiger charge is 2.11. The van der Waals surface area contributed by atoms with E-state index in [2.05, 4.69) is 21.2 Å². The molecule has 0 aliphatic heterocycles. The molecule has 0 heterocycles. The second-order valence-electron chi connectivity index (χ2n) is 3.62. The fourth-order valence-corrected chi connectivity index (χ4v) is 1.88. The van der Waals surface area contributed by atoms with Gasteiger partial charge in [0, 0.05) is 23.9 Å². The lowest BCUT2D eigenvalue weighted by atomic mass is 10.2. The minimum atomic E-state index is -0.531. The molecule has 1 N–H and O–H groups in total. The van der Waals surface area contributed by atoms with Crippen molar-refractivity contribution in [3.63, 3.8) is 0 Å². The molecule has 18 heavy (non-hydrogen) atoms. The Kier molecular flexibility index (Phi) is 6.07. The Hall–Kier alpha value is -1.14. The van der Waals surface area contributed by atoms with E-state index in [1.165, 1.54) is 18.2 Å². The normalized spacial score (nSPS) is 10.1. The molecule has 0 spiro atoms. The number of hydrogen-bond acceptors (Lipinski definition) is 3. The molecule has 0 aliphatic rings. The number of hydrogen-bond donors (Lipinski definition) is 1. The molecule has 0 fully saturated rings. The highest BCUT2D eigenvalue weighted by atomic mass is 79.9. The molecule has 7 heteroatoms. The Morgan fingerprint density at radius 2 is 2.17 bits per heavy atom. The number of anilines is 1. The molecule has 0 saturated carbocycles. The molecule has 0 aliphatic carbocycles. The van der Waals surface area contributed by atoms with E-state index in [4.69, 9.17) is 11.6 Å². The van der Waals surface area contributed by atoms with Gasteiger partial charge in [-0.3, -0.25) is 14.9 Å². The third kappa shape index (κ3) is 4.62. The molecule has 0 radical (unpaired) electrons. The van der Waals surface area contributed by atoms with Crippen LogP contribution >= 0.6 is 27.5 Å². The van der Waals surface area contributed by atoms with E-state index in [1.807, 2.05) is 0 Å². The Morgan fingerprint density at radius 3 is 2.78 bits per heavy atom. The summed E-state index contributed by atoms with van der Waals surface area (Å²) >= 11 is 9.14. The predicted octanol–water partition coefficient (Wildman–Crippen LogP) is 3.75. The summed E-state index contributed by atoms with van der Waals surface area (Å²) in [5, 5.41) is 14.3. The van der Waals surface area contributed by atoms with Crippen LogP contribution in [0.15, 0.2) is 18.2 Å². The summed E-state index contributed by atoms with van der Waals surface area (Å²) in [4.78, 5) is 21.6. The molecule has 98 valence electrons. The number of nitrogens with zero attached hydrogens (tertiary/aromatic N) is 1. The Bertz CT molecular complexity index is 454. The van der Waals surface area contributed by atoms with Crippen LogP contribution in [0, 0.1) is 10.1 Å². The number of rotatable bonds is 6. The topological polar surface area (TPSA) is 72.2 Å². The third-order valence-electron chi connectivity index (χ3n) is 2.22. The quantitative estimate of drug-likeness (QED) is 0.372. The molecule has 0 saturated heterocycles. The van der Waals surface area contributed by atoms with Gasteiger partial charge in [0.05, 0.1) is 15.6 Å². The minimum Gasteiger partial charge on any atom is -0.325 e. The van der Waals surface area contributed by atoms with E-state index in [-0.39, 0.29) is 22.3 Å². The summed E-state index contributed by atoms with van der Waals surface area (Å²) in [5.41, 5.74) is 0.171. The first-order valence-corrected chi connectivity index (χ1v) is 6.84. The van der Waals surface area contributed by atoms with Crippen LogP contribution in [0.3, 0.4) is 0 Å². The molecular formula is C11H12BrClN2O3. The van der Waals surface area contributed by atoms with Gasteiger partial charge in [0.2, 0.25) is 5.91 Å². The van der Waals surface area contributed by atoms with E-state index in [0.717, 1.165) is 18.2 Å². The summed E-state index contributed by atoms with van der Waals surface area (Å²) < 4.78 is 0. The van der Waals surface area contributed by atoms with Crippen molar-refractivity contribution >= 4 is 44.8 Å². The Balaban J connectivity index is 2.68. The number of nitro groups is 1. The minimum absolute atomic E-state index is 0.102. The second-order valence-corrected chi connectivity index (χ2v) is 4.82. The van der Waals surface area contributed by atoms with Crippen LogP contribution in [-0.4, -0.2) is 16.2 Å². The number of non-ortho nitro benzene ring substituents is 1. The van der Waals surface area contributed by atoms with E-state index >= 15 is 0 Å². The molecule has 0 atom stereocenters. The summed E-state index contributed by atoms with van der Waals surface area (Å²) in [6, 6.07) is 3.95. The lowest BCUT2D eigenvalue weighted by molar-refractivity contribution is -0.384. The van der Waals surface area contributed by atoms with Crippen LogP contribution in [0.25, 0.3) is 0 Å². The Morgan fingerprint density at radius 1 is 1.44 bits per heavy atom. The summed E-state index contributed by atoms with van der Waals surface area (Å²) in [7, 11) is 0. The zero-order valence-electron chi connectivity index (χ0n) is 9.49. The van der Waals surface area contributed by atoms with E-state index in [0.29, 0.717) is 6.42 Å². The SMILES string of the molecule is O=C(CCCCBr)Nc1cc([N+](=O)[O-])ccc1Cl. The summed E-state index contributed by atoms with van der Waals surface area (Å²) in [5.74, 6) is -0.196. The molecule has 1 rings (SSSR count). The number of unbranched alkanes of at least 4 members (excludes halogenated alkanes) is 1. The smallest absolute Gasteiger partial charge is 0.271 e. The first-order chi connectivity index (χ1) is 8.54. The number of halogens is 2. The zero-order chi connectivity index (χ0) is 13.5. The fourth-order valence-electron chi connectivity index (χ4n) is 1.32. The lowest BCUT2D eigenvalue weighted by Crippen LogP contribution is -2.11. The van der Waals surface area contributed by atoms with Crippen LogP contribution in [0.1, 0.15) is 19.3 Å². The van der Waals surface area contributed by atoms with Crippen LogP contribution in [0.2, 0.25) is 5.02 Å². The number of nitro benzene ring substituents is 1. The number of carbonyl (C=O) groups excluding carboxylic acids is 1. The molecule has 1 aromatic rings. The van der Waals surface area contributed by atoms with Crippen LogP contribution in [-0.2, 0) is 4.79 Å². The van der Waals surface area contributed by atoms with Crippen LogP contribution in [0.5, 0.6) is 0 Å². The number of amides is 1.